The van der Waals surface area contributed by atoms with Crippen LogP contribution in [0, 0.1) is 0 Å². The number of likely N-dealkylation sites (tertiary alicyclic amines) is 1. The first-order valence-corrected chi connectivity index (χ1v) is 11.9. The third kappa shape index (κ3) is 3.81. The molecule has 2 aromatic carbocycles. The van der Waals surface area contributed by atoms with Crippen LogP contribution in [0.3, 0.4) is 0 Å². The summed E-state index contributed by atoms with van der Waals surface area (Å²) in [5.74, 6) is 2.40. The molecule has 0 spiro atoms. The van der Waals surface area contributed by atoms with Gasteiger partial charge in [-0.3, -0.25) is 4.90 Å². The zero-order chi connectivity index (χ0) is 21.5. The average molecular weight is 434 g/mol. The van der Waals surface area contributed by atoms with Crippen molar-refractivity contribution in [2.24, 2.45) is 0 Å². The highest BCUT2D eigenvalue weighted by molar-refractivity contribution is 5.76. The number of rotatable bonds is 6. The molecule has 1 saturated carbocycles. The van der Waals surface area contributed by atoms with Crippen molar-refractivity contribution < 1.29 is 13.9 Å². The summed E-state index contributed by atoms with van der Waals surface area (Å²) in [6.07, 6.45) is 4.97. The molecule has 1 aromatic heterocycles. The van der Waals surface area contributed by atoms with E-state index in [1.807, 2.05) is 13.2 Å². The van der Waals surface area contributed by atoms with Gasteiger partial charge in [0.1, 0.15) is 17.9 Å². The van der Waals surface area contributed by atoms with Crippen LogP contribution in [0.15, 0.2) is 46.9 Å². The second-order valence-corrected chi connectivity index (χ2v) is 9.36. The van der Waals surface area contributed by atoms with Crippen LogP contribution in [0.5, 0.6) is 5.75 Å². The molecule has 6 nitrogen and oxygen atoms in total. The molecule has 3 aliphatic rings. The maximum Gasteiger partial charge on any atom is 0.198 e. The lowest BCUT2D eigenvalue weighted by Crippen LogP contribution is -2.54. The molecular formula is C26H31N3O3. The number of hydrogen-bond acceptors (Lipinski definition) is 6. The Bertz CT molecular complexity index is 1090. The van der Waals surface area contributed by atoms with E-state index >= 15 is 0 Å². The number of benzene rings is 2. The van der Waals surface area contributed by atoms with Crippen molar-refractivity contribution in [1.29, 1.82) is 0 Å². The van der Waals surface area contributed by atoms with Gasteiger partial charge in [-0.25, -0.2) is 4.98 Å². The minimum absolute atomic E-state index is 0.177. The van der Waals surface area contributed by atoms with Crippen molar-refractivity contribution in [1.82, 2.24) is 15.2 Å². The van der Waals surface area contributed by atoms with Gasteiger partial charge >= 0.3 is 0 Å². The van der Waals surface area contributed by atoms with E-state index in [2.05, 4.69) is 46.6 Å². The van der Waals surface area contributed by atoms with Crippen molar-refractivity contribution in [2.75, 3.05) is 26.8 Å². The van der Waals surface area contributed by atoms with Crippen LogP contribution >= 0.6 is 0 Å². The SMILES string of the molecule is CO[C@H]1CCCN([C@H]2COc3ccccc3[C@@H]2NCc2cccc3nc(C4CC4)oc23)C1. The number of oxazole rings is 1. The van der Waals surface area contributed by atoms with Crippen molar-refractivity contribution in [2.45, 2.75) is 56.3 Å². The molecule has 1 aliphatic carbocycles. The molecule has 0 radical (unpaired) electrons. The zero-order valence-corrected chi connectivity index (χ0v) is 18.6. The Morgan fingerprint density at radius 2 is 2.03 bits per heavy atom. The number of aromatic nitrogens is 1. The fourth-order valence-corrected chi connectivity index (χ4v) is 5.26. The molecule has 6 heteroatoms. The molecule has 0 bridgehead atoms. The van der Waals surface area contributed by atoms with Crippen molar-refractivity contribution >= 4 is 11.1 Å². The van der Waals surface area contributed by atoms with Crippen LogP contribution < -0.4 is 10.1 Å². The monoisotopic (exact) mass is 433 g/mol. The Labute approximate surface area is 188 Å². The van der Waals surface area contributed by atoms with E-state index in [0.29, 0.717) is 18.6 Å². The van der Waals surface area contributed by atoms with Crippen molar-refractivity contribution in [3.63, 3.8) is 0 Å². The molecule has 3 atom stereocenters. The smallest absolute Gasteiger partial charge is 0.198 e. The van der Waals surface area contributed by atoms with Gasteiger partial charge in [-0.2, -0.15) is 0 Å². The first-order chi connectivity index (χ1) is 15.8. The number of nitrogens with one attached hydrogen (secondary N) is 1. The summed E-state index contributed by atoms with van der Waals surface area (Å²) >= 11 is 0. The van der Waals surface area contributed by atoms with Crippen LogP contribution in [-0.4, -0.2) is 48.8 Å². The lowest BCUT2D eigenvalue weighted by molar-refractivity contribution is -0.00849. The standard InChI is InChI=1S/C26H31N3O3/c1-30-19-7-5-13-29(15-19)22-16-31-23-10-3-2-8-20(23)24(22)27-14-18-6-4-9-21-25(18)32-26(28-21)17-11-12-17/h2-4,6,8-10,17,19,22,24,27H,5,7,11-16H2,1H3/t19-,22-,24-/m0/s1. The Hall–Kier alpha value is -2.41. The van der Waals surface area contributed by atoms with Gasteiger partial charge in [0.15, 0.2) is 11.5 Å². The molecule has 32 heavy (non-hydrogen) atoms. The number of hydrogen-bond donors (Lipinski definition) is 1. The van der Waals surface area contributed by atoms with Crippen molar-refractivity contribution in [3.05, 3.63) is 59.5 Å². The first-order valence-electron chi connectivity index (χ1n) is 11.9. The zero-order valence-electron chi connectivity index (χ0n) is 18.6. The minimum atomic E-state index is 0.177. The second-order valence-electron chi connectivity index (χ2n) is 9.36. The molecule has 1 saturated heterocycles. The lowest BCUT2D eigenvalue weighted by Gasteiger charge is -2.44. The van der Waals surface area contributed by atoms with Crippen LogP contribution in [-0.2, 0) is 11.3 Å². The highest BCUT2D eigenvalue weighted by Gasteiger charge is 2.37. The van der Waals surface area contributed by atoms with Gasteiger partial charge in [0.05, 0.1) is 18.2 Å². The molecule has 1 N–H and O–H groups in total. The third-order valence-electron chi connectivity index (χ3n) is 7.21. The van der Waals surface area contributed by atoms with Gasteiger partial charge < -0.3 is 19.2 Å². The van der Waals surface area contributed by atoms with Crippen LogP contribution in [0.4, 0.5) is 0 Å². The molecular weight excluding hydrogens is 402 g/mol. The Morgan fingerprint density at radius 3 is 2.91 bits per heavy atom. The Balaban J connectivity index is 1.28. The Kier molecular flexibility index (Phi) is 5.37. The minimum Gasteiger partial charge on any atom is -0.492 e. The van der Waals surface area contributed by atoms with E-state index < -0.39 is 0 Å². The van der Waals surface area contributed by atoms with E-state index in [0.717, 1.165) is 60.8 Å². The maximum atomic E-state index is 6.20. The number of ether oxygens (including phenoxy) is 2. The number of nitrogens with zero attached hydrogens (tertiary/aromatic N) is 2. The summed E-state index contributed by atoms with van der Waals surface area (Å²) < 4.78 is 18.1. The van der Waals surface area contributed by atoms with Gasteiger partial charge in [-0.15, -0.1) is 0 Å². The summed E-state index contributed by atoms with van der Waals surface area (Å²) in [6.45, 7) is 3.45. The largest absolute Gasteiger partial charge is 0.492 e. The third-order valence-corrected chi connectivity index (χ3v) is 7.21. The van der Waals surface area contributed by atoms with E-state index in [9.17, 15) is 0 Å². The number of para-hydroxylation sites is 2. The molecule has 6 rings (SSSR count). The van der Waals surface area contributed by atoms with E-state index in [1.54, 1.807) is 0 Å². The summed E-state index contributed by atoms with van der Waals surface area (Å²) in [4.78, 5) is 7.28. The molecule has 3 aromatic rings. The average Bonchev–Trinajstić information content (AvgIpc) is 3.60. The Morgan fingerprint density at radius 1 is 1.12 bits per heavy atom. The number of fused-ring (bicyclic) bond motifs is 2. The quantitative estimate of drug-likeness (QED) is 0.622. The highest BCUT2D eigenvalue weighted by Crippen LogP contribution is 2.41. The highest BCUT2D eigenvalue weighted by atomic mass is 16.5. The fourth-order valence-electron chi connectivity index (χ4n) is 5.26. The molecule has 2 aliphatic heterocycles. The normalized spacial score (nSPS) is 26.1. The van der Waals surface area contributed by atoms with E-state index in [1.165, 1.54) is 18.4 Å². The van der Waals surface area contributed by atoms with Gasteiger partial charge in [0, 0.05) is 37.2 Å². The van der Waals surface area contributed by atoms with E-state index in [-0.39, 0.29) is 12.1 Å². The van der Waals surface area contributed by atoms with Gasteiger partial charge in [0.2, 0.25) is 0 Å². The second kappa shape index (κ2) is 8.50. The summed E-state index contributed by atoms with van der Waals surface area (Å²) in [7, 11) is 1.82. The molecule has 168 valence electrons. The van der Waals surface area contributed by atoms with Gasteiger partial charge in [-0.1, -0.05) is 30.3 Å². The van der Waals surface area contributed by atoms with Gasteiger partial charge in [0.25, 0.3) is 0 Å². The van der Waals surface area contributed by atoms with Crippen LogP contribution in [0.2, 0.25) is 0 Å². The lowest BCUT2D eigenvalue weighted by atomic mass is 9.93. The molecule has 0 unspecified atom stereocenters. The molecule has 0 amide bonds. The summed E-state index contributed by atoms with van der Waals surface area (Å²) in [5.41, 5.74) is 4.29. The topological polar surface area (TPSA) is 59.8 Å². The van der Waals surface area contributed by atoms with Crippen molar-refractivity contribution in [3.8, 4) is 5.75 Å². The van der Waals surface area contributed by atoms with Crippen LogP contribution in [0.25, 0.3) is 11.1 Å². The van der Waals surface area contributed by atoms with Gasteiger partial charge in [-0.05, 0) is 44.4 Å². The number of methoxy groups -OCH3 is 1. The number of piperidine rings is 1. The maximum absolute atomic E-state index is 6.20. The molecule has 3 heterocycles. The molecule has 2 fully saturated rings. The summed E-state index contributed by atoms with van der Waals surface area (Å²) in [5, 5.41) is 3.87. The van der Waals surface area contributed by atoms with E-state index in [4.69, 9.17) is 18.9 Å². The van der Waals surface area contributed by atoms with Crippen LogP contribution in [0.1, 0.15) is 54.7 Å². The first kappa shape index (κ1) is 20.2. The predicted molar refractivity (Wildman–Crippen MR) is 123 cm³/mol. The predicted octanol–water partition coefficient (Wildman–Crippen LogP) is 4.41. The summed E-state index contributed by atoms with van der Waals surface area (Å²) in [6, 6.07) is 15.2. The fraction of sp³-hybridized carbons (Fsp3) is 0.500.